The molecule has 94 valence electrons. The van der Waals surface area contributed by atoms with E-state index in [9.17, 15) is 9.18 Å². The van der Waals surface area contributed by atoms with Gasteiger partial charge in [0.15, 0.2) is 0 Å². The molecule has 0 aromatic heterocycles. The molecule has 0 fully saturated rings. The van der Waals surface area contributed by atoms with Crippen LogP contribution in [0.1, 0.15) is 5.56 Å². The van der Waals surface area contributed by atoms with Crippen molar-refractivity contribution in [3.05, 3.63) is 29.6 Å². The summed E-state index contributed by atoms with van der Waals surface area (Å²) in [5.74, 6) is -0.542. The molecule has 0 saturated carbocycles. The first kappa shape index (κ1) is 13.4. The summed E-state index contributed by atoms with van der Waals surface area (Å²) in [7, 11) is 1.56. The van der Waals surface area contributed by atoms with Crippen molar-refractivity contribution >= 4 is 11.6 Å². The predicted molar refractivity (Wildman–Crippen MR) is 64.5 cm³/mol. The molecular formula is C12H17FN2O2. The lowest BCUT2D eigenvalue weighted by atomic mass is 10.2. The van der Waals surface area contributed by atoms with E-state index in [1.165, 1.54) is 6.07 Å². The lowest BCUT2D eigenvalue weighted by molar-refractivity contribution is -0.119. The molecule has 2 N–H and O–H groups in total. The van der Waals surface area contributed by atoms with Crippen LogP contribution in [0.4, 0.5) is 10.1 Å². The van der Waals surface area contributed by atoms with Crippen molar-refractivity contribution in [1.82, 2.24) is 5.32 Å². The van der Waals surface area contributed by atoms with Gasteiger partial charge in [-0.05, 0) is 18.6 Å². The Labute approximate surface area is 100 Å². The van der Waals surface area contributed by atoms with Gasteiger partial charge in [-0.1, -0.05) is 12.1 Å². The molecule has 0 unspecified atom stereocenters. The van der Waals surface area contributed by atoms with Crippen molar-refractivity contribution in [2.45, 2.75) is 6.92 Å². The summed E-state index contributed by atoms with van der Waals surface area (Å²) in [5.41, 5.74) is 1.14. The largest absolute Gasteiger partial charge is 0.383 e. The summed E-state index contributed by atoms with van der Waals surface area (Å²) in [4.78, 5) is 11.4. The number of amides is 1. The Morgan fingerprint density at radius 1 is 1.47 bits per heavy atom. The van der Waals surface area contributed by atoms with Crippen LogP contribution in [0.3, 0.4) is 0 Å². The first-order valence-corrected chi connectivity index (χ1v) is 5.39. The molecule has 0 bridgehead atoms. The Bertz CT molecular complexity index is 363. The molecule has 1 aromatic rings. The number of hydrogen-bond donors (Lipinski definition) is 2. The second-order valence-corrected chi connectivity index (χ2v) is 3.63. The van der Waals surface area contributed by atoms with Gasteiger partial charge in [0.1, 0.15) is 5.82 Å². The van der Waals surface area contributed by atoms with Crippen LogP contribution in [0.25, 0.3) is 0 Å². The van der Waals surface area contributed by atoms with Gasteiger partial charge in [0.05, 0.1) is 18.8 Å². The van der Waals surface area contributed by atoms with Crippen molar-refractivity contribution in [2.24, 2.45) is 0 Å². The summed E-state index contributed by atoms with van der Waals surface area (Å²) in [6.07, 6.45) is 0. The highest BCUT2D eigenvalue weighted by atomic mass is 19.1. The third kappa shape index (κ3) is 4.40. The number of hydrogen-bond acceptors (Lipinski definition) is 3. The SMILES string of the molecule is COCCNC(=O)CNc1c(C)cccc1F. The standard InChI is InChI=1S/C12H17FN2O2/c1-9-4-3-5-10(13)12(9)15-8-11(16)14-6-7-17-2/h3-5,15H,6-8H2,1-2H3,(H,14,16). The number of ether oxygens (including phenoxy) is 1. The van der Waals surface area contributed by atoms with Gasteiger partial charge in [-0.15, -0.1) is 0 Å². The maximum absolute atomic E-state index is 13.4. The average molecular weight is 240 g/mol. The third-order valence-corrected chi connectivity index (χ3v) is 2.28. The number of para-hydroxylation sites is 1. The number of carbonyl (C=O) groups excluding carboxylic acids is 1. The minimum absolute atomic E-state index is 0.0471. The Morgan fingerprint density at radius 3 is 2.88 bits per heavy atom. The summed E-state index contributed by atoms with van der Waals surface area (Å²) < 4.78 is 18.2. The van der Waals surface area contributed by atoms with Crippen LogP contribution in [0.5, 0.6) is 0 Å². The Hall–Kier alpha value is -1.62. The van der Waals surface area contributed by atoms with Gasteiger partial charge in [-0.3, -0.25) is 4.79 Å². The molecule has 5 heteroatoms. The van der Waals surface area contributed by atoms with Gasteiger partial charge in [-0.25, -0.2) is 4.39 Å². The number of methoxy groups -OCH3 is 1. The Kier molecular flexibility index (Phi) is 5.42. The van der Waals surface area contributed by atoms with Crippen LogP contribution >= 0.6 is 0 Å². The Balaban J connectivity index is 2.42. The van der Waals surface area contributed by atoms with Crippen LogP contribution in [0.15, 0.2) is 18.2 Å². The molecule has 17 heavy (non-hydrogen) atoms. The van der Waals surface area contributed by atoms with E-state index in [0.29, 0.717) is 18.8 Å². The zero-order valence-electron chi connectivity index (χ0n) is 10.0. The molecule has 0 spiro atoms. The van der Waals surface area contributed by atoms with Crippen LogP contribution in [0.2, 0.25) is 0 Å². The van der Waals surface area contributed by atoms with E-state index >= 15 is 0 Å². The summed E-state index contributed by atoms with van der Waals surface area (Å²) in [5, 5.41) is 5.42. The molecule has 0 heterocycles. The minimum Gasteiger partial charge on any atom is -0.383 e. The highest BCUT2D eigenvalue weighted by Crippen LogP contribution is 2.17. The highest BCUT2D eigenvalue weighted by molar-refractivity contribution is 5.80. The summed E-state index contributed by atoms with van der Waals surface area (Å²) in [6.45, 7) is 2.75. The molecule has 1 aromatic carbocycles. The quantitative estimate of drug-likeness (QED) is 0.737. The van der Waals surface area contributed by atoms with Crippen LogP contribution in [0, 0.1) is 12.7 Å². The topological polar surface area (TPSA) is 50.4 Å². The van der Waals surface area contributed by atoms with Gasteiger partial charge >= 0.3 is 0 Å². The molecule has 1 rings (SSSR count). The highest BCUT2D eigenvalue weighted by Gasteiger charge is 2.06. The summed E-state index contributed by atoms with van der Waals surface area (Å²) >= 11 is 0. The molecule has 0 saturated heterocycles. The smallest absolute Gasteiger partial charge is 0.239 e. The van der Waals surface area contributed by atoms with E-state index in [4.69, 9.17) is 4.74 Å². The number of halogens is 1. The van der Waals surface area contributed by atoms with E-state index in [-0.39, 0.29) is 18.3 Å². The fourth-order valence-electron chi connectivity index (χ4n) is 1.38. The molecular weight excluding hydrogens is 223 g/mol. The second-order valence-electron chi connectivity index (χ2n) is 3.63. The Morgan fingerprint density at radius 2 is 2.24 bits per heavy atom. The summed E-state index contributed by atoms with van der Waals surface area (Å²) in [6, 6.07) is 4.78. The van der Waals surface area contributed by atoms with E-state index in [2.05, 4.69) is 10.6 Å². The maximum atomic E-state index is 13.4. The lowest BCUT2D eigenvalue weighted by Gasteiger charge is -2.10. The first-order chi connectivity index (χ1) is 8.15. The molecule has 1 amide bonds. The number of aryl methyl sites for hydroxylation is 1. The average Bonchev–Trinajstić information content (AvgIpc) is 2.29. The predicted octanol–water partition coefficient (Wildman–Crippen LogP) is 1.31. The number of nitrogens with one attached hydrogen (secondary N) is 2. The molecule has 0 aliphatic carbocycles. The zero-order valence-corrected chi connectivity index (χ0v) is 10.0. The fourth-order valence-corrected chi connectivity index (χ4v) is 1.38. The van der Waals surface area contributed by atoms with Gasteiger partial charge in [0.25, 0.3) is 0 Å². The molecule has 0 aliphatic heterocycles. The van der Waals surface area contributed by atoms with Crippen LogP contribution in [-0.2, 0) is 9.53 Å². The van der Waals surface area contributed by atoms with Gasteiger partial charge in [-0.2, -0.15) is 0 Å². The second kappa shape index (κ2) is 6.85. The van der Waals surface area contributed by atoms with E-state index in [1.54, 1.807) is 26.2 Å². The van der Waals surface area contributed by atoms with Crippen LogP contribution in [-0.4, -0.2) is 32.7 Å². The van der Waals surface area contributed by atoms with E-state index in [0.717, 1.165) is 5.56 Å². The van der Waals surface area contributed by atoms with Crippen molar-refractivity contribution in [3.63, 3.8) is 0 Å². The van der Waals surface area contributed by atoms with E-state index < -0.39 is 0 Å². The molecule has 0 radical (unpaired) electrons. The number of anilines is 1. The third-order valence-electron chi connectivity index (χ3n) is 2.28. The maximum Gasteiger partial charge on any atom is 0.239 e. The zero-order chi connectivity index (χ0) is 12.7. The molecule has 4 nitrogen and oxygen atoms in total. The van der Waals surface area contributed by atoms with E-state index in [1.807, 2.05) is 0 Å². The van der Waals surface area contributed by atoms with Gasteiger partial charge in [0.2, 0.25) is 5.91 Å². The van der Waals surface area contributed by atoms with Gasteiger partial charge in [0, 0.05) is 13.7 Å². The monoisotopic (exact) mass is 240 g/mol. The number of benzene rings is 1. The fraction of sp³-hybridized carbons (Fsp3) is 0.417. The van der Waals surface area contributed by atoms with Crippen LogP contribution < -0.4 is 10.6 Å². The van der Waals surface area contributed by atoms with Crippen molar-refractivity contribution in [1.29, 1.82) is 0 Å². The van der Waals surface area contributed by atoms with Gasteiger partial charge < -0.3 is 15.4 Å². The lowest BCUT2D eigenvalue weighted by Crippen LogP contribution is -2.32. The van der Waals surface area contributed by atoms with Crippen molar-refractivity contribution in [2.75, 3.05) is 32.1 Å². The number of carbonyl (C=O) groups is 1. The number of rotatable bonds is 6. The normalized spacial score (nSPS) is 10.1. The molecule has 0 atom stereocenters. The molecule has 0 aliphatic rings. The van der Waals surface area contributed by atoms with Crippen molar-refractivity contribution < 1.29 is 13.9 Å². The first-order valence-electron chi connectivity index (χ1n) is 5.39. The minimum atomic E-state index is -0.352. The van der Waals surface area contributed by atoms with Crippen molar-refractivity contribution in [3.8, 4) is 0 Å².